The maximum Gasteiger partial charge on any atom is 0.508 e. The van der Waals surface area contributed by atoms with Crippen LogP contribution in [0.2, 0.25) is 0 Å². The van der Waals surface area contributed by atoms with Gasteiger partial charge < -0.3 is 29.0 Å². The number of unbranched alkanes of at least 4 members (excludes halogenated alkanes) is 12. The van der Waals surface area contributed by atoms with Gasteiger partial charge in [-0.2, -0.15) is 0 Å². The minimum Gasteiger partial charge on any atom is -0.463 e. The van der Waals surface area contributed by atoms with Crippen molar-refractivity contribution in [1.29, 1.82) is 0 Å². The van der Waals surface area contributed by atoms with Crippen LogP contribution in [0.1, 0.15) is 133 Å². The van der Waals surface area contributed by atoms with E-state index in [4.69, 9.17) is 23.7 Å². The molecule has 2 aromatic carbocycles. The number of carbonyl (C=O) groups is 4. The Bertz CT molecular complexity index is 2260. The first-order chi connectivity index (χ1) is 33.5. The summed E-state index contributed by atoms with van der Waals surface area (Å²) in [5.41, 5.74) is 1.69. The Labute approximate surface area is 400 Å². The Hall–Kier alpha value is -6.77. The molecule has 0 spiro atoms. The number of amides is 2. The summed E-state index contributed by atoms with van der Waals surface area (Å²) < 4.78 is 29.7. The maximum absolute atomic E-state index is 13.0. The zero-order valence-electron chi connectivity index (χ0n) is 39.3. The summed E-state index contributed by atoms with van der Waals surface area (Å²) in [5, 5.41) is 27.5. The van der Waals surface area contributed by atoms with Gasteiger partial charge >= 0.3 is 18.2 Å². The van der Waals surface area contributed by atoms with Gasteiger partial charge in [-0.15, -0.1) is 0 Å². The number of anilines is 1. The van der Waals surface area contributed by atoms with Crippen LogP contribution < -0.4 is 10.6 Å². The topological polar surface area (TPSA) is 268 Å². The second-order valence-electron chi connectivity index (χ2n) is 16.9. The van der Waals surface area contributed by atoms with Gasteiger partial charge in [0.15, 0.2) is 29.3 Å². The van der Waals surface area contributed by atoms with E-state index in [2.05, 4.69) is 32.5 Å². The number of nitro groups is 2. The molecular weight excluding hydrogens is 897 g/mol. The Balaban J connectivity index is 1.07. The smallest absolute Gasteiger partial charge is 0.463 e. The number of benzene rings is 2. The van der Waals surface area contributed by atoms with Crippen LogP contribution in [0.15, 0.2) is 61.2 Å². The molecule has 1 aliphatic heterocycles. The third-order valence-electron chi connectivity index (χ3n) is 11.6. The number of nitrogens with zero attached hydrogens (tertiary/aromatic N) is 6. The van der Waals surface area contributed by atoms with Crippen molar-refractivity contribution in [1.82, 2.24) is 24.8 Å². The zero-order valence-corrected chi connectivity index (χ0v) is 39.3. The van der Waals surface area contributed by atoms with Crippen molar-refractivity contribution in [2.24, 2.45) is 0 Å². The molecule has 0 radical (unpaired) electrons. The number of imidazole rings is 1. The molecule has 0 unspecified atom stereocenters. The molecule has 1 aliphatic rings. The number of fused-ring (bicyclic) bond motifs is 1. The minimum absolute atomic E-state index is 0.0210. The molecule has 2 N–H and O–H groups in total. The number of nitro benzene ring substituents is 2. The standard InChI is InChI=1S/C48H64N8O13/c1-2-3-4-5-6-7-8-9-10-11-13-16-41(57)49-28-15-12-14-17-42(58)67-32-39-31-40(69-48(60)66-30-27-36-20-24-38(25-21-36)56(63)64)46(68-39)54-34-52-43-44(50-33-51-45(43)54)53-47(59)65-29-26-35-18-22-37(23-19-35)55(61)62/h18-25,33-34,39-40,46H,2-17,26-32H2,1H3,(H,49,57)(H,50,51,53,59)/t39-,40+,46+/m0/s1. The van der Waals surface area contributed by atoms with Crippen molar-refractivity contribution < 1.29 is 52.7 Å². The molecule has 0 bridgehead atoms. The normalized spacial score (nSPS) is 15.3. The van der Waals surface area contributed by atoms with Crippen molar-refractivity contribution >= 4 is 52.5 Å². The van der Waals surface area contributed by atoms with Gasteiger partial charge in [0.2, 0.25) is 5.91 Å². The molecule has 69 heavy (non-hydrogen) atoms. The van der Waals surface area contributed by atoms with Crippen LogP contribution in [0.3, 0.4) is 0 Å². The molecule has 0 saturated carbocycles. The summed E-state index contributed by atoms with van der Waals surface area (Å²) in [5.74, 6) is -0.351. The fraction of sp³-hybridized carbons (Fsp3) is 0.562. The summed E-state index contributed by atoms with van der Waals surface area (Å²) in [6.07, 6.45) is 15.0. The lowest BCUT2D eigenvalue weighted by Crippen LogP contribution is -2.26. The van der Waals surface area contributed by atoms with E-state index in [0.717, 1.165) is 31.2 Å². The second-order valence-corrected chi connectivity index (χ2v) is 16.9. The SMILES string of the molecule is CCCCCCCCCCCCCC(=O)NCCCCCC(=O)OC[C@@H]1C[C@@H](OC(=O)OCCc2ccc([N+](=O)[O-])cc2)[C@H](n2cnc3c(NC(=O)OCCc4ccc([N+](=O)[O-])cc4)ncnc32)O1. The Morgan fingerprint density at radius 2 is 1.30 bits per heavy atom. The van der Waals surface area contributed by atoms with E-state index in [0.29, 0.717) is 31.4 Å². The molecular formula is C48H64N8O13. The molecule has 374 valence electrons. The van der Waals surface area contributed by atoms with Crippen molar-refractivity contribution in [3.63, 3.8) is 0 Å². The number of hydrogen-bond acceptors (Lipinski definition) is 16. The number of carbonyl (C=O) groups excluding carboxylic acids is 4. The van der Waals surface area contributed by atoms with Crippen LogP contribution in [0.5, 0.6) is 0 Å². The number of hydrogen-bond donors (Lipinski definition) is 2. The number of aromatic nitrogens is 4. The predicted octanol–water partition coefficient (Wildman–Crippen LogP) is 9.41. The number of esters is 1. The summed E-state index contributed by atoms with van der Waals surface area (Å²) in [6, 6.07) is 11.7. The second kappa shape index (κ2) is 29.2. The van der Waals surface area contributed by atoms with Crippen molar-refractivity contribution in [3.05, 3.63) is 92.5 Å². The highest BCUT2D eigenvalue weighted by atomic mass is 16.7. The van der Waals surface area contributed by atoms with Crippen LogP contribution in [0, 0.1) is 20.2 Å². The zero-order chi connectivity index (χ0) is 49.2. The largest absolute Gasteiger partial charge is 0.508 e. The van der Waals surface area contributed by atoms with E-state index in [9.17, 15) is 39.4 Å². The summed E-state index contributed by atoms with van der Waals surface area (Å²) in [4.78, 5) is 84.6. The first-order valence-corrected chi connectivity index (χ1v) is 24.0. The lowest BCUT2D eigenvalue weighted by Gasteiger charge is -2.20. The van der Waals surface area contributed by atoms with Gasteiger partial charge in [0.25, 0.3) is 11.4 Å². The van der Waals surface area contributed by atoms with Gasteiger partial charge in [-0.1, -0.05) is 102 Å². The van der Waals surface area contributed by atoms with E-state index in [1.807, 2.05) is 0 Å². The van der Waals surface area contributed by atoms with E-state index in [1.54, 1.807) is 24.3 Å². The fourth-order valence-corrected chi connectivity index (χ4v) is 7.77. The molecule has 2 aromatic heterocycles. The minimum atomic E-state index is -1.03. The van der Waals surface area contributed by atoms with Crippen LogP contribution in [0.25, 0.3) is 11.2 Å². The molecule has 3 atom stereocenters. The molecule has 5 rings (SSSR count). The lowest BCUT2D eigenvalue weighted by molar-refractivity contribution is -0.385. The number of rotatable bonds is 31. The third kappa shape index (κ3) is 18.7. The summed E-state index contributed by atoms with van der Waals surface area (Å²) >= 11 is 0. The number of ether oxygens (including phenoxy) is 5. The van der Waals surface area contributed by atoms with Gasteiger partial charge in [0.05, 0.1) is 35.5 Å². The molecule has 21 nitrogen and oxygen atoms in total. The van der Waals surface area contributed by atoms with E-state index < -0.39 is 46.5 Å². The van der Waals surface area contributed by atoms with Crippen LogP contribution in [-0.4, -0.2) is 92.1 Å². The number of nitrogens with one attached hydrogen (secondary N) is 2. The Morgan fingerprint density at radius 1 is 0.725 bits per heavy atom. The first kappa shape index (κ1) is 53.2. The van der Waals surface area contributed by atoms with E-state index in [1.165, 1.54) is 99.3 Å². The van der Waals surface area contributed by atoms with Crippen molar-refractivity contribution in [3.8, 4) is 0 Å². The third-order valence-corrected chi connectivity index (χ3v) is 11.6. The molecule has 3 heterocycles. The Morgan fingerprint density at radius 3 is 1.93 bits per heavy atom. The average molecular weight is 961 g/mol. The van der Waals surface area contributed by atoms with Crippen LogP contribution in [-0.2, 0) is 46.1 Å². The van der Waals surface area contributed by atoms with Gasteiger partial charge in [-0.05, 0) is 30.4 Å². The fourth-order valence-electron chi connectivity index (χ4n) is 7.77. The lowest BCUT2D eigenvalue weighted by atomic mass is 10.1. The molecule has 2 amide bonds. The summed E-state index contributed by atoms with van der Waals surface area (Å²) in [6.45, 7) is 2.53. The Kier molecular flexibility index (Phi) is 22.5. The molecule has 4 aromatic rings. The van der Waals surface area contributed by atoms with Gasteiger partial charge in [0.1, 0.15) is 12.9 Å². The van der Waals surface area contributed by atoms with E-state index in [-0.39, 0.29) is 73.3 Å². The molecule has 21 heteroatoms. The molecule has 0 aliphatic carbocycles. The van der Waals surface area contributed by atoms with Crippen molar-refractivity contribution in [2.75, 3.05) is 31.7 Å². The highest BCUT2D eigenvalue weighted by Crippen LogP contribution is 2.34. The van der Waals surface area contributed by atoms with Gasteiger partial charge in [-0.3, -0.25) is 39.7 Å². The quantitative estimate of drug-likeness (QED) is 0.0156. The first-order valence-electron chi connectivity index (χ1n) is 24.0. The number of non-ortho nitro benzene ring substituents is 2. The van der Waals surface area contributed by atoms with Gasteiger partial charge in [-0.25, -0.2) is 24.5 Å². The van der Waals surface area contributed by atoms with Crippen LogP contribution in [0.4, 0.5) is 26.8 Å². The van der Waals surface area contributed by atoms with Gasteiger partial charge in [0, 0.05) is 62.9 Å². The highest BCUT2D eigenvalue weighted by molar-refractivity contribution is 5.93. The maximum atomic E-state index is 13.0. The van der Waals surface area contributed by atoms with Crippen molar-refractivity contribution in [2.45, 2.75) is 147 Å². The molecule has 1 saturated heterocycles. The molecule has 1 fully saturated rings. The van der Waals surface area contributed by atoms with Crippen LogP contribution >= 0.6 is 0 Å². The summed E-state index contributed by atoms with van der Waals surface area (Å²) in [7, 11) is 0. The highest BCUT2D eigenvalue weighted by Gasteiger charge is 2.41. The average Bonchev–Trinajstić information content (AvgIpc) is 3.95. The predicted molar refractivity (Wildman–Crippen MR) is 252 cm³/mol. The monoisotopic (exact) mass is 960 g/mol. The van der Waals surface area contributed by atoms with E-state index >= 15 is 0 Å².